The van der Waals surface area contributed by atoms with Crippen molar-refractivity contribution in [2.75, 3.05) is 23.9 Å². The highest BCUT2D eigenvalue weighted by Crippen LogP contribution is 2.40. The number of rotatable bonds is 4. The van der Waals surface area contributed by atoms with Gasteiger partial charge in [0.25, 0.3) is 0 Å². The molecule has 76 valence electrons. The van der Waals surface area contributed by atoms with Gasteiger partial charge in [-0.15, -0.1) is 11.8 Å². The summed E-state index contributed by atoms with van der Waals surface area (Å²) in [5.74, 6) is 3.90. The third-order valence-electron chi connectivity index (χ3n) is 2.35. The number of hydrogen-bond donors (Lipinski definition) is 1. The van der Waals surface area contributed by atoms with E-state index in [4.69, 9.17) is 5.11 Å². The third-order valence-corrected chi connectivity index (χ3v) is 4.71. The van der Waals surface area contributed by atoms with Gasteiger partial charge in [0.05, 0.1) is 6.61 Å². The maximum atomic E-state index is 8.71. The Hall–Kier alpha value is -0.120. The molecule has 14 heavy (non-hydrogen) atoms. The lowest BCUT2D eigenvalue weighted by molar-refractivity contribution is 0.322. The first kappa shape index (κ1) is 10.4. The Morgan fingerprint density at radius 2 is 2.29 bits per heavy atom. The van der Waals surface area contributed by atoms with E-state index in [-0.39, 0.29) is 0 Å². The van der Waals surface area contributed by atoms with E-state index in [1.807, 2.05) is 23.5 Å². The second-order valence-corrected chi connectivity index (χ2v) is 5.56. The van der Waals surface area contributed by atoms with Crippen molar-refractivity contribution >= 4 is 23.5 Å². The molecule has 0 saturated heterocycles. The summed E-state index contributed by atoms with van der Waals surface area (Å²) in [6, 6.07) is 8.67. The minimum atomic E-state index is 0.298. The number of fused-ring (bicyclic) bond motifs is 1. The van der Waals surface area contributed by atoms with Gasteiger partial charge in [0, 0.05) is 28.1 Å². The van der Waals surface area contributed by atoms with Gasteiger partial charge in [-0.05, 0) is 11.6 Å². The lowest BCUT2D eigenvalue weighted by atomic mass is 10.0. The molecule has 0 aliphatic carbocycles. The van der Waals surface area contributed by atoms with Gasteiger partial charge in [-0.2, -0.15) is 11.8 Å². The van der Waals surface area contributed by atoms with Crippen LogP contribution in [0.4, 0.5) is 0 Å². The monoisotopic (exact) mass is 226 g/mol. The average Bonchev–Trinajstić information content (AvgIpc) is 2.63. The van der Waals surface area contributed by atoms with Crippen LogP contribution in [0.5, 0.6) is 0 Å². The minimum Gasteiger partial charge on any atom is -0.396 e. The molecular formula is C11H14OS2. The fourth-order valence-electron chi connectivity index (χ4n) is 1.66. The molecule has 1 aromatic carbocycles. The van der Waals surface area contributed by atoms with Crippen LogP contribution in [0.15, 0.2) is 29.2 Å². The van der Waals surface area contributed by atoms with Crippen LogP contribution in [0, 0.1) is 0 Å². The van der Waals surface area contributed by atoms with Crippen molar-refractivity contribution < 1.29 is 5.11 Å². The molecule has 1 N–H and O–H groups in total. The summed E-state index contributed by atoms with van der Waals surface area (Å²) in [6.45, 7) is 0.298. The summed E-state index contributed by atoms with van der Waals surface area (Å²) < 4.78 is 0. The molecule has 1 nitrogen and oxygen atoms in total. The zero-order chi connectivity index (χ0) is 9.80. The van der Waals surface area contributed by atoms with E-state index in [9.17, 15) is 0 Å². The molecule has 1 aliphatic heterocycles. The number of aliphatic hydroxyl groups is 1. The largest absolute Gasteiger partial charge is 0.396 e. The quantitative estimate of drug-likeness (QED) is 0.797. The lowest BCUT2D eigenvalue weighted by Crippen LogP contribution is -2.01. The molecular weight excluding hydrogens is 212 g/mol. The molecule has 3 heteroatoms. The van der Waals surface area contributed by atoms with Crippen LogP contribution in [0.1, 0.15) is 11.5 Å². The molecule has 2 rings (SSSR count). The molecule has 1 aliphatic rings. The van der Waals surface area contributed by atoms with Crippen LogP contribution in [0.2, 0.25) is 0 Å². The Kier molecular flexibility index (Phi) is 3.79. The predicted molar refractivity (Wildman–Crippen MR) is 64.3 cm³/mol. The molecule has 0 bridgehead atoms. The van der Waals surface area contributed by atoms with Crippen molar-refractivity contribution in [3.8, 4) is 0 Å². The first-order valence-corrected chi connectivity index (χ1v) is 6.96. The molecule has 0 spiro atoms. The minimum absolute atomic E-state index is 0.298. The van der Waals surface area contributed by atoms with Crippen LogP contribution < -0.4 is 0 Å². The number of aliphatic hydroxyl groups excluding tert-OH is 1. The van der Waals surface area contributed by atoms with Crippen LogP contribution in [0.25, 0.3) is 0 Å². The summed E-state index contributed by atoms with van der Waals surface area (Å²) in [6.07, 6.45) is 0. The van der Waals surface area contributed by atoms with Gasteiger partial charge in [-0.25, -0.2) is 0 Å². The van der Waals surface area contributed by atoms with Gasteiger partial charge in [0.1, 0.15) is 0 Å². The van der Waals surface area contributed by atoms with E-state index in [0.29, 0.717) is 12.5 Å². The molecule has 0 saturated carbocycles. The van der Waals surface area contributed by atoms with E-state index in [0.717, 1.165) is 11.5 Å². The van der Waals surface area contributed by atoms with Crippen LogP contribution in [-0.2, 0) is 0 Å². The van der Waals surface area contributed by atoms with Crippen LogP contribution in [-0.4, -0.2) is 29.0 Å². The second kappa shape index (κ2) is 5.10. The fourth-order valence-corrected chi connectivity index (χ4v) is 3.94. The summed E-state index contributed by atoms with van der Waals surface area (Å²) >= 11 is 3.81. The lowest BCUT2D eigenvalue weighted by Gasteiger charge is -2.09. The molecule has 0 radical (unpaired) electrons. The number of thioether (sulfide) groups is 2. The van der Waals surface area contributed by atoms with Crippen molar-refractivity contribution in [1.29, 1.82) is 0 Å². The first-order chi connectivity index (χ1) is 6.92. The summed E-state index contributed by atoms with van der Waals surface area (Å²) in [5, 5.41) is 8.71. The van der Waals surface area contributed by atoms with Crippen LogP contribution in [0.3, 0.4) is 0 Å². The Balaban J connectivity index is 1.96. The van der Waals surface area contributed by atoms with Crippen LogP contribution >= 0.6 is 23.5 Å². The maximum Gasteiger partial charge on any atom is 0.0521 e. The van der Waals surface area contributed by atoms with E-state index >= 15 is 0 Å². The van der Waals surface area contributed by atoms with E-state index < -0.39 is 0 Å². The topological polar surface area (TPSA) is 20.2 Å². The molecule has 0 aromatic heterocycles. The van der Waals surface area contributed by atoms with E-state index in [2.05, 4.69) is 24.3 Å². The molecule has 0 fully saturated rings. The van der Waals surface area contributed by atoms with Crippen molar-refractivity contribution in [2.45, 2.75) is 10.8 Å². The van der Waals surface area contributed by atoms with Crippen molar-refractivity contribution in [2.24, 2.45) is 0 Å². The molecule has 1 heterocycles. The summed E-state index contributed by atoms with van der Waals surface area (Å²) in [4.78, 5) is 1.45. The van der Waals surface area contributed by atoms with E-state index in [1.54, 1.807) is 0 Å². The normalized spacial score (nSPS) is 19.6. The summed E-state index contributed by atoms with van der Waals surface area (Å²) in [7, 11) is 0. The van der Waals surface area contributed by atoms with Gasteiger partial charge in [-0.1, -0.05) is 18.2 Å². The second-order valence-electron chi connectivity index (χ2n) is 3.34. The van der Waals surface area contributed by atoms with E-state index in [1.165, 1.54) is 16.2 Å². The number of benzene rings is 1. The highest BCUT2D eigenvalue weighted by Gasteiger charge is 2.21. The molecule has 1 aromatic rings. The maximum absolute atomic E-state index is 8.71. The molecule has 1 unspecified atom stereocenters. The number of hydrogen-bond acceptors (Lipinski definition) is 3. The Bertz CT molecular complexity index is 301. The van der Waals surface area contributed by atoms with Gasteiger partial charge in [-0.3, -0.25) is 0 Å². The van der Waals surface area contributed by atoms with Gasteiger partial charge >= 0.3 is 0 Å². The SMILES string of the molecule is OCCSCC1CSc2ccccc21. The standard InChI is InChI=1S/C11H14OS2/c12-5-6-13-7-9-8-14-11-4-2-1-3-10(9)11/h1-4,9,12H,5-8H2. The zero-order valence-electron chi connectivity index (χ0n) is 7.98. The van der Waals surface area contributed by atoms with Crippen molar-refractivity contribution in [3.05, 3.63) is 29.8 Å². The predicted octanol–water partition coefficient (Wildman–Crippen LogP) is 2.60. The Morgan fingerprint density at radius 1 is 1.43 bits per heavy atom. The smallest absolute Gasteiger partial charge is 0.0521 e. The summed E-state index contributed by atoms with van der Waals surface area (Å²) in [5.41, 5.74) is 1.50. The Labute approximate surface area is 93.3 Å². The Morgan fingerprint density at radius 3 is 3.14 bits per heavy atom. The molecule has 1 atom stereocenters. The average molecular weight is 226 g/mol. The van der Waals surface area contributed by atoms with Gasteiger partial charge in [0.15, 0.2) is 0 Å². The highest BCUT2D eigenvalue weighted by atomic mass is 32.2. The van der Waals surface area contributed by atoms with Crippen molar-refractivity contribution in [1.82, 2.24) is 0 Å². The van der Waals surface area contributed by atoms with Gasteiger partial charge < -0.3 is 5.11 Å². The zero-order valence-corrected chi connectivity index (χ0v) is 9.61. The first-order valence-electron chi connectivity index (χ1n) is 4.82. The molecule has 0 amide bonds. The third kappa shape index (κ3) is 2.27. The van der Waals surface area contributed by atoms with Gasteiger partial charge in [0.2, 0.25) is 0 Å². The highest BCUT2D eigenvalue weighted by molar-refractivity contribution is 8.00. The fraction of sp³-hybridized carbons (Fsp3) is 0.455. The van der Waals surface area contributed by atoms with Crippen molar-refractivity contribution in [3.63, 3.8) is 0 Å².